The first-order valence-corrected chi connectivity index (χ1v) is 10.7. The molecule has 0 bridgehead atoms. The van der Waals surface area contributed by atoms with Gasteiger partial charge in [0, 0.05) is 42.2 Å². The number of benzene rings is 1. The van der Waals surface area contributed by atoms with Crippen molar-refractivity contribution in [2.75, 3.05) is 5.73 Å². The van der Waals surface area contributed by atoms with Crippen molar-refractivity contribution in [3.05, 3.63) is 88.1 Å². The molecule has 0 aliphatic heterocycles. The zero-order chi connectivity index (χ0) is 23.8. The third kappa shape index (κ3) is 4.05. The van der Waals surface area contributed by atoms with E-state index in [1.54, 1.807) is 35.2 Å². The van der Waals surface area contributed by atoms with E-state index in [4.69, 9.17) is 5.73 Å². The molecule has 0 spiro atoms. The Morgan fingerprint density at radius 3 is 2.53 bits per heavy atom. The minimum atomic E-state index is -0.774. The lowest BCUT2D eigenvalue weighted by atomic mass is 10.1. The molecular formula is C24H20F2N6O2. The Bertz CT molecular complexity index is 1420. The number of pyridine rings is 1. The Hall–Kier alpha value is -4.34. The van der Waals surface area contributed by atoms with Crippen LogP contribution in [0.5, 0.6) is 0 Å². The first-order chi connectivity index (χ1) is 16.4. The van der Waals surface area contributed by atoms with Crippen molar-refractivity contribution < 1.29 is 13.6 Å². The lowest BCUT2D eigenvalue weighted by Crippen LogP contribution is -2.27. The van der Waals surface area contributed by atoms with Crippen LogP contribution in [0.15, 0.2) is 59.7 Å². The summed E-state index contributed by atoms with van der Waals surface area (Å²) < 4.78 is 29.5. The van der Waals surface area contributed by atoms with Gasteiger partial charge in [-0.15, -0.1) is 0 Å². The van der Waals surface area contributed by atoms with Crippen LogP contribution < -0.4 is 16.6 Å². The van der Waals surface area contributed by atoms with Crippen LogP contribution >= 0.6 is 0 Å². The van der Waals surface area contributed by atoms with Crippen LogP contribution in [0.2, 0.25) is 0 Å². The van der Waals surface area contributed by atoms with Gasteiger partial charge in [0.1, 0.15) is 23.0 Å². The number of carbonyl (C=O) groups is 1. The third-order valence-corrected chi connectivity index (χ3v) is 5.63. The fourth-order valence-electron chi connectivity index (χ4n) is 3.72. The number of halogens is 2. The highest BCUT2D eigenvalue weighted by Gasteiger charge is 2.26. The molecular weight excluding hydrogens is 442 g/mol. The maximum Gasteiger partial charge on any atom is 0.274 e. The fraction of sp³-hybridized carbons (Fsp3) is 0.167. The number of hydrogen-bond donors (Lipinski definition) is 3. The standard InChI is InChI=1S/C24H20F2N6O2/c25-16-3-1-4-17(26)15(16)11-29-24(34)22-23(27)31-21(18-5-2-10-28-18)20(30-22)13-6-9-19(33)32(12-13)14-7-8-14/h1-6,9-10,12,14,28H,7-8,11H2,(H2,27,31)(H,29,34). The van der Waals surface area contributed by atoms with Crippen LogP contribution in [-0.4, -0.2) is 25.4 Å². The van der Waals surface area contributed by atoms with Gasteiger partial charge in [-0.25, -0.2) is 18.7 Å². The number of nitrogens with one attached hydrogen (secondary N) is 2. The summed E-state index contributed by atoms with van der Waals surface area (Å²) in [6.45, 7) is -0.390. The van der Waals surface area contributed by atoms with E-state index < -0.39 is 24.1 Å². The van der Waals surface area contributed by atoms with E-state index in [1.165, 1.54) is 12.1 Å². The van der Waals surface area contributed by atoms with Crippen LogP contribution in [0.3, 0.4) is 0 Å². The molecule has 1 fully saturated rings. The first-order valence-electron chi connectivity index (χ1n) is 10.7. The number of carbonyl (C=O) groups excluding carboxylic acids is 1. The quantitative estimate of drug-likeness (QED) is 0.406. The van der Waals surface area contributed by atoms with E-state index in [0.717, 1.165) is 25.0 Å². The minimum absolute atomic E-state index is 0.124. The number of anilines is 1. The average molecular weight is 462 g/mol. The van der Waals surface area contributed by atoms with Gasteiger partial charge in [-0.05, 0) is 43.2 Å². The lowest BCUT2D eigenvalue weighted by molar-refractivity contribution is 0.0946. The van der Waals surface area contributed by atoms with Crippen LogP contribution in [0, 0.1) is 11.6 Å². The molecule has 4 N–H and O–H groups in total. The van der Waals surface area contributed by atoms with Crippen molar-refractivity contribution in [1.82, 2.24) is 24.8 Å². The summed E-state index contributed by atoms with van der Waals surface area (Å²) in [6.07, 6.45) is 5.25. The molecule has 1 saturated carbocycles. The van der Waals surface area contributed by atoms with E-state index in [1.807, 2.05) is 0 Å². The lowest BCUT2D eigenvalue weighted by Gasteiger charge is -2.14. The van der Waals surface area contributed by atoms with Crippen molar-refractivity contribution in [2.24, 2.45) is 0 Å². The zero-order valence-electron chi connectivity index (χ0n) is 17.9. The van der Waals surface area contributed by atoms with Gasteiger partial charge >= 0.3 is 0 Å². The number of nitrogens with two attached hydrogens (primary N) is 1. The molecule has 0 atom stereocenters. The number of amides is 1. The summed E-state index contributed by atoms with van der Waals surface area (Å²) in [5.74, 6) is -2.42. The average Bonchev–Trinajstić information content (AvgIpc) is 3.51. The Morgan fingerprint density at radius 2 is 1.85 bits per heavy atom. The number of rotatable bonds is 6. The van der Waals surface area contributed by atoms with Gasteiger partial charge in [-0.1, -0.05) is 6.07 Å². The second kappa shape index (κ2) is 8.54. The molecule has 4 aromatic rings. The molecule has 3 aromatic heterocycles. The Balaban J connectivity index is 1.55. The molecule has 10 heteroatoms. The van der Waals surface area contributed by atoms with Crippen molar-refractivity contribution >= 4 is 11.7 Å². The highest BCUT2D eigenvalue weighted by Crippen LogP contribution is 2.35. The molecule has 0 saturated heterocycles. The van der Waals surface area contributed by atoms with E-state index >= 15 is 0 Å². The SMILES string of the molecule is Nc1nc(-c2ccc[nH]2)c(-c2ccc(=O)n(C3CC3)c2)nc1C(=O)NCc1c(F)cccc1F. The molecule has 0 unspecified atom stereocenters. The van der Waals surface area contributed by atoms with Crippen molar-refractivity contribution in [1.29, 1.82) is 0 Å². The molecule has 1 aliphatic carbocycles. The predicted molar refractivity (Wildman–Crippen MR) is 122 cm³/mol. The van der Waals surface area contributed by atoms with Gasteiger partial charge < -0.3 is 20.6 Å². The molecule has 172 valence electrons. The smallest absolute Gasteiger partial charge is 0.274 e. The second-order valence-electron chi connectivity index (χ2n) is 8.02. The van der Waals surface area contributed by atoms with Gasteiger partial charge in [-0.3, -0.25) is 9.59 Å². The normalized spacial score (nSPS) is 13.1. The second-order valence-corrected chi connectivity index (χ2v) is 8.02. The largest absolute Gasteiger partial charge is 0.382 e. The Labute approximate surface area is 192 Å². The molecule has 1 amide bonds. The minimum Gasteiger partial charge on any atom is -0.382 e. The summed E-state index contributed by atoms with van der Waals surface area (Å²) in [4.78, 5) is 37.1. The number of aromatic amines is 1. The van der Waals surface area contributed by atoms with Gasteiger partial charge in [0.05, 0.1) is 5.69 Å². The monoisotopic (exact) mass is 462 g/mol. The van der Waals surface area contributed by atoms with Gasteiger partial charge in [0.15, 0.2) is 11.5 Å². The molecule has 3 heterocycles. The summed E-state index contributed by atoms with van der Waals surface area (Å²) in [7, 11) is 0. The number of H-pyrrole nitrogens is 1. The number of nitrogens with zero attached hydrogens (tertiary/aromatic N) is 3. The van der Waals surface area contributed by atoms with Crippen LogP contribution in [0.1, 0.15) is 34.9 Å². The Kier molecular flexibility index (Phi) is 5.40. The third-order valence-electron chi connectivity index (χ3n) is 5.63. The van der Waals surface area contributed by atoms with Crippen molar-refractivity contribution in [2.45, 2.75) is 25.4 Å². The fourth-order valence-corrected chi connectivity index (χ4v) is 3.72. The summed E-state index contributed by atoms with van der Waals surface area (Å²) in [6, 6.07) is 10.2. The predicted octanol–water partition coefficient (Wildman–Crippen LogP) is 3.43. The van der Waals surface area contributed by atoms with Gasteiger partial charge in [-0.2, -0.15) is 0 Å². The maximum absolute atomic E-state index is 13.9. The topological polar surface area (TPSA) is 119 Å². The number of aromatic nitrogens is 4. The highest BCUT2D eigenvalue weighted by molar-refractivity contribution is 5.97. The first kappa shape index (κ1) is 21.5. The van der Waals surface area contributed by atoms with Crippen molar-refractivity contribution in [3.63, 3.8) is 0 Å². The van der Waals surface area contributed by atoms with Crippen LogP contribution in [-0.2, 0) is 6.54 Å². The van der Waals surface area contributed by atoms with E-state index in [9.17, 15) is 18.4 Å². The number of nitrogen functional groups attached to an aromatic ring is 1. The maximum atomic E-state index is 13.9. The summed E-state index contributed by atoms with van der Waals surface area (Å²) in [5, 5.41) is 2.45. The van der Waals surface area contributed by atoms with E-state index in [0.29, 0.717) is 22.6 Å². The molecule has 0 radical (unpaired) electrons. The van der Waals surface area contributed by atoms with Gasteiger partial charge in [0.2, 0.25) is 0 Å². The molecule has 34 heavy (non-hydrogen) atoms. The molecule has 1 aromatic carbocycles. The molecule has 8 nitrogen and oxygen atoms in total. The summed E-state index contributed by atoms with van der Waals surface area (Å²) in [5.41, 5.74) is 7.43. The van der Waals surface area contributed by atoms with E-state index in [-0.39, 0.29) is 28.7 Å². The van der Waals surface area contributed by atoms with Crippen LogP contribution in [0.25, 0.3) is 22.6 Å². The highest BCUT2D eigenvalue weighted by atomic mass is 19.1. The molecule has 5 rings (SSSR count). The number of hydrogen-bond acceptors (Lipinski definition) is 5. The van der Waals surface area contributed by atoms with Crippen molar-refractivity contribution in [3.8, 4) is 22.6 Å². The van der Waals surface area contributed by atoms with E-state index in [2.05, 4.69) is 20.3 Å². The van der Waals surface area contributed by atoms with Gasteiger partial charge in [0.25, 0.3) is 11.5 Å². The zero-order valence-corrected chi connectivity index (χ0v) is 17.9. The molecule has 1 aliphatic rings. The van der Waals surface area contributed by atoms with Crippen LogP contribution in [0.4, 0.5) is 14.6 Å². The summed E-state index contributed by atoms with van der Waals surface area (Å²) >= 11 is 0. The Morgan fingerprint density at radius 1 is 1.09 bits per heavy atom.